The predicted octanol–water partition coefficient (Wildman–Crippen LogP) is 3.22. The molecular formula is C22H23N5O2. The van der Waals surface area contributed by atoms with E-state index < -0.39 is 0 Å². The van der Waals surface area contributed by atoms with Crippen LogP contribution in [-0.4, -0.2) is 48.9 Å². The number of aromatic nitrogens is 2. The molecule has 1 aliphatic heterocycles. The lowest BCUT2D eigenvalue weighted by Crippen LogP contribution is -2.49. The largest absolute Gasteiger partial charge is 0.497 e. The number of hydrogen-bond donors (Lipinski definition) is 1. The second kappa shape index (κ2) is 8.33. The summed E-state index contributed by atoms with van der Waals surface area (Å²) in [7, 11) is 1.64. The molecule has 2 aromatic heterocycles. The number of pyridine rings is 2. The molecule has 3 heterocycles. The maximum Gasteiger partial charge on any atom is 0.129 e. The van der Waals surface area contributed by atoms with Crippen LogP contribution in [0.25, 0.3) is 10.9 Å². The average Bonchev–Trinajstić information content (AvgIpc) is 2.76. The number of morpholine rings is 1. The van der Waals surface area contributed by atoms with Gasteiger partial charge in [0, 0.05) is 49.2 Å². The van der Waals surface area contributed by atoms with E-state index >= 15 is 0 Å². The van der Waals surface area contributed by atoms with Crippen LogP contribution in [0.15, 0.2) is 48.8 Å². The number of nitrogens with zero attached hydrogens (tertiary/aromatic N) is 4. The number of nitrogens with one attached hydrogen (secondary N) is 1. The van der Waals surface area contributed by atoms with Gasteiger partial charge in [-0.3, -0.25) is 4.98 Å². The maximum absolute atomic E-state index is 9.39. The summed E-state index contributed by atoms with van der Waals surface area (Å²) in [6, 6.07) is 13.7. The Balaban J connectivity index is 1.54. The highest BCUT2D eigenvalue weighted by molar-refractivity contribution is 5.95. The Morgan fingerprint density at radius 1 is 1.24 bits per heavy atom. The number of hydrogen-bond acceptors (Lipinski definition) is 7. The molecule has 7 heteroatoms. The molecule has 1 saturated heterocycles. The molecule has 3 aromatic rings. The zero-order valence-electron chi connectivity index (χ0n) is 16.5. The molecule has 1 aromatic carbocycles. The molecule has 0 amide bonds. The fourth-order valence-corrected chi connectivity index (χ4v) is 3.73. The smallest absolute Gasteiger partial charge is 0.129 e. The molecule has 2 atom stereocenters. The van der Waals surface area contributed by atoms with Gasteiger partial charge < -0.3 is 19.7 Å². The van der Waals surface area contributed by atoms with Crippen molar-refractivity contribution in [3.8, 4) is 11.8 Å². The predicted molar refractivity (Wildman–Crippen MR) is 112 cm³/mol. The number of rotatable bonds is 5. The van der Waals surface area contributed by atoms with Crippen LogP contribution in [0.3, 0.4) is 0 Å². The third-order valence-corrected chi connectivity index (χ3v) is 5.01. The molecule has 4 rings (SSSR count). The number of fused-ring (bicyclic) bond motifs is 1. The number of nitriles is 1. The van der Waals surface area contributed by atoms with Gasteiger partial charge in [0.05, 0.1) is 30.4 Å². The Hall–Kier alpha value is -3.37. The van der Waals surface area contributed by atoms with Gasteiger partial charge in [-0.1, -0.05) is 0 Å². The third-order valence-electron chi connectivity index (χ3n) is 5.01. The van der Waals surface area contributed by atoms with E-state index in [4.69, 9.17) is 9.47 Å². The third kappa shape index (κ3) is 4.08. The van der Waals surface area contributed by atoms with E-state index in [2.05, 4.69) is 33.2 Å². The van der Waals surface area contributed by atoms with Crippen LogP contribution in [-0.2, 0) is 4.74 Å². The molecule has 1 N–H and O–H groups in total. The Morgan fingerprint density at radius 2 is 2.14 bits per heavy atom. The summed E-state index contributed by atoms with van der Waals surface area (Å²) in [5, 5.41) is 13.7. The van der Waals surface area contributed by atoms with Gasteiger partial charge in [0.15, 0.2) is 0 Å². The average molecular weight is 389 g/mol. The van der Waals surface area contributed by atoms with E-state index in [1.165, 1.54) is 0 Å². The topological polar surface area (TPSA) is 83.3 Å². The summed E-state index contributed by atoms with van der Waals surface area (Å²) in [6.45, 7) is 4.22. The number of anilines is 2. The van der Waals surface area contributed by atoms with E-state index in [1.54, 1.807) is 19.5 Å². The van der Waals surface area contributed by atoms with Crippen molar-refractivity contribution in [1.29, 1.82) is 5.26 Å². The molecular weight excluding hydrogens is 366 g/mol. The summed E-state index contributed by atoms with van der Waals surface area (Å²) in [6.07, 6.45) is 3.52. The first kappa shape index (κ1) is 19.0. The standard InChI is InChI=1S/C22H23N5O2/c1-15-13-27(20-6-5-16(11-23)22-19(20)4-3-8-25-22)14-18(29-15)12-26-21-10-17(28-2)7-9-24-21/h3-10,15,18H,12-14H2,1-2H3,(H,24,26)/t15-,18+/m1/s1. The normalized spacial score (nSPS) is 19.0. The van der Waals surface area contributed by atoms with Crippen LogP contribution in [0, 0.1) is 11.3 Å². The van der Waals surface area contributed by atoms with E-state index in [0.29, 0.717) is 12.1 Å². The first-order valence-electron chi connectivity index (χ1n) is 9.60. The van der Waals surface area contributed by atoms with Crippen molar-refractivity contribution in [3.05, 3.63) is 54.4 Å². The van der Waals surface area contributed by atoms with Crippen molar-refractivity contribution in [2.45, 2.75) is 19.1 Å². The minimum Gasteiger partial charge on any atom is -0.497 e. The van der Waals surface area contributed by atoms with E-state index in [-0.39, 0.29) is 12.2 Å². The van der Waals surface area contributed by atoms with E-state index in [9.17, 15) is 5.26 Å². The fraction of sp³-hybridized carbons (Fsp3) is 0.318. The highest BCUT2D eigenvalue weighted by Crippen LogP contribution is 2.30. The van der Waals surface area contributed by atoms with Crippen molar-refractivity contribution < 1.29 is 9.47 Å². The van der Waals surface area contributed by atoms with Crippen molar-refractivity contribution in [2.75, 3.05) is 37.0 Å². The second-order valence-electron chi connectivity index (χ2n) is 7.08. The highest BCUT2D eigenvalue weighted by atomic mass is 16.5. The van der Waals surface area contributed by atoms with Crippen LogP contribution >= 0.6 is 0 Å². The van der Waals surface area contributed by atoms with Gasteiger partial charge in [-0.2, -0.15) is 5.26 Å². The van der Waals surface area contributed by atoms with Crippen molar-refractivity contribution >= 4 is 22.4 Å². The van der Waals surface area contributed by atoms with Crippen molar-refractivity contribution in [3.63, 3.8) is 0 Å². The van der Waals surface area contributed by atoms with Gasteiger partial charge >= 0.3 is 0 Å². The van der Waals surface area contributed by atoms with Gasteiger partial charge in [0.2, 0.25) is 0 Å². The second-order valence-corrected chi connectivity index (χ2v) is 7.08. The number of ether oxygens (including phenoxy) is 2. The summed E-state index contributed by atoms with van der Waals surface area (Å²) in [5.41, 5.74) is 2.40. The summed E-state index contributed by atoms with van der Waals surface area (Å²) in [4.78, 5) is 11.1. The molecule has 1 aliphatic rings. The van der Waals surface area contributed by atoms with Crippen LogP contribution in [0.2, 0.25) is 0 Å². The Bertz CT molecular complexity index is 1050. The zero-order valence-corrected chi connectivity index (χ0v) is 16.5. The minimum atomic E-state index is -0.00545. The quantitative estimate of drug-likeness (QED) is 0.717. The lowest BCUT2D eigenvalue weighted by atomic mass is 10.1. The Labute approximate surface area is 169 Å². The minimum absolute atomic E-state index is 0.00545. The lowest BCUT2D eigenvalue weighted by Gasteiger charge is -2.38. The van der Waals surface area contributed by atoms with Crippen LogP contribution < -0.4 is 15.0 Å². The number of methoxy groups -OCH3 is 1. The molecule has 0 spiro atoms. The van der Waals surface area contributed by atoms with Crippen LogP contribution in [0.4, 0.5) is 11.5 Å². The highest BCUT2D eigenvalue weighted by Gasteiger charge is 2.26. The van der Waals surface area contributed by atoms with Crippen LogP contribution in [0.5, 0.6) is 5.75 Å². The summed E-state index contributed by atoms with van der Waals surface area (Å²) < 4.78 is 11.4. The lowest BCUT2D eigenvalue weighted by molar-refractivity contribution is -0.00823. The van der Waals surface area contributed by atoms with E-state index in [0.717, 1.165) is 41.2 Å². The van der Waals surface area contributed by atoms with Crippen molar-refractivity contribution in [2.24, 2.45) is 0 Å². The van der Waals surface area contributed by atoms with Crippen LogP contribution in [0.1, 0.15) is 12.5 Å². The SMILES string of the molecule is COc1ccnc(NC[C@H]2CN(c3ccc(C#N)c4ncccc34)C[C@@H](C)O2)c1. The molecule has 0 radical (unpaired) electrons. The Kier molecular flexibility index (Phi) is 5.45. The van der Waals surface area contributed by atoms with Gasteiger partial charge in [0.25, 0.3) is 0 Å². The Morgan fingerprint density at radius 3 is 2.97 bits per heavy atom. The fourth-order valence-electron chi connectivity index (χ4n) is 3.73. The molecule has 0 unspecified atom stereocenters. The first-order chi connectivity index (χ1) is 14.2. The molecule has 29 heavy (non-hydrogen) atoms. The molecule has 148 valence electrons. The summed E-state index contributed by atoms with van der Waals surface area (Å²) >= 11 is 0. The van der Waals surface area contributed by atoms with Gasteiger partial charge in [-0.05, 0) is 37.3 Å². The molecule has 7 nitrogen and oxygen atoms in total. The van der Waals surface area contributed by atoms with E-state index in [1.807, 2.05) is 36.4 Å². The molecule has 0 saturated carbocycles. The zero-order chi connectivity index (χ0) is 20.2. The monoisotopic (exact) mass is 389 g/mol. The molecule has 0 bridgehead atoms. The van der Waals surface area contributed by atoms with Gasteiger partial charge in [-0.25, -0.2) is 4.98 Å². The number of benzene rings is 1. The summed E-state index contributed by atoms with van der Waals surface area (Å²) in [5.74, 6) is 1.52. The molecule has 1 fully saturated rings. The first-order valence-corrected chi connectivity index (χ1v) is 9.60. The maximum atomic E-state index is 9.39. The molecule has 0 aliphatic carbocycles. The van der Waals surface area contributed by atoms with Gasteiger partial charge in [0.1, 0.15) is 17.6 Å². The van der Waals surface area contributed by atoms with Crippen molar-refractivity contribution in [1.82, 2.24) is 9.97 Å². The van der Waals surface area contributed by atoms with Gasteiger partial charge in [-0.15, -0.1) is 0 Å².